The van der Waals surface area contributed by atoms with Gasteiger partial charge in [0.2, 0.25) is 0 Å². The standard InChI is InChI=1S/C13H9ClFN3O3/c14-9-3-1-7(15)5-11(9)18-13(21)17-8-2-4-10(12(19)20)16-6-8/h1-6H,(H,19,20)(H2,17,18,21). The van der Waals surface area contributed by atoms with E-state index in [2.05, 4.69) is 15.6 Å². The Hall–Kier alpha value is -2.67. The zero-order chi connectivity index (χ0) is 15.4. The van der Waals surface area contributed by atoms with E-state index < -0.39 is 17.8 Å². The number of aromatic nitrogens is 1. The number of pyridine rings is 1. The van der Waals surface area contributed by atoms with Gasteiger partial charge in [0.05, 0.1) is 22.6 Å². The number of hydrogen-bond donors (Lipinski definition) is 3. The summed E-state index contributed by atoms with van der Waals surface area (Å²) in [5.41, 5.74) is 0.253. The number of nitrogens with zero attached hydrogens (tertiary/aromatic N) is 1. The second-order valence-electron chi connectivity index (χ2n) is 3.94. The molecule has 0 saturated carbocycles. The van der Waals surface area contributed by atoms with E-state index in [0.29, 0.717) is 0 Å². The van der Waals surface area contributed by atoms with E-state index in [9.17, 15) is 14.0 Å². The molecule has 2 aromatic rings. The minimum absolute atomic E-state index is 0.115. The van der Waals surface area contributed by atoms with E-state index >= 15 is 0 Å². The van der Waals surface area contributed by atoms with Gasteiger partial charge in [0.1, 0.15) is 11.5 Å². The maximum Gasteiger partial charge on any atom is 0.354 e. The van der Waals surface area contributed by atoms with Crippen LogP contribution in [-0.2, 0) is 0 Å². The second kappa shape index (κ2) is 6.19. The molecule has 1 heterocycles. The lowest BCUT2D eigenvalue weighted by molar-refractivity contribution is 0.0690. The van der Waals surface area contributed by atoms with Crippen LogP contribution in [0.5, 0.6) is 0 Å². The molecule has 1 aromatic carbocycles. The molecule has 108 valence electrons. The van der Waals surface area contributed by atoms with Crippen LogP contribution in [0, 0.1) is 5.82 Å². The highest BCUT2D eigenvalue weighted by Crippen LogP contribution is 2.22. The Morgan fingerprint density at radius 3 is 2.57 bits per heavy atom. The number of urea groups is 1. The number of anilines is 2. The zero-order valence-corrected chi connectivity index (χ0v) is 11.2. The molecule has 6 nitrogen and oxygen atoms in total. The first kappa shape index (κ1) is 14.7. The van der Waals surface area contributed by atoms with E-state index in [4.69, 9.17) is 16.7 Å². The van der Waals surface area contributed by atoms with Crippen LogP contribution >= 0.6 is 11.6 Å². The summed E-state index contributed by atoms with van der Waals surface area (Å²) in [6.45, 7) is 0. The summed E-state index contributed by atoms with van der Waals surface area (Å²) in [5.74, 6) is -1.71. The molecule has 0 aliphatic carbocycles. The Morgan fingerprint density at radius 1 is 1.19 bits per heavy atom. The van der Waals surface area contributed by atoms with Crippen molar-refractivity contribution in [2.24, 2.45) is 0 Å². The number of rotatable bonds is 3. The molecule has 0 aliphatic heterocycles. The molecule has 2 amide bonds. The van der Waals surface area contributed by atoms with Crippen LogP contribution < -0.4 is 10.6 Å². The zero-order valence-electron chi connectivity index (χ0n) is 10.4. The second-order valence-corrected chi connectivity index (χ2v) is 4.35. The van der Waals surface area contributed by atoms with Crippen LogP contribution in [0.4, 0.5) is 20.6 Å². The van der Waals surface area contributed by atoms with Crippen molar-refractivity contribution in [1.29, 1.82) is 0 Å². The normalized spacial score (nSPS) is 10.0. The summed E-state index contributed by atoms with van der Waals surface area (Å²) < 4.78 is 13.0. The summed E-state index contributed by atoms with van der Waals surface area (Å²) in [6.07, 6.45) is 1.19. The van der Waals surface area contributed by atoms with E-state index in [1.165, 1.54) is 30.5 Å². The molecule has 0 aliphatic rings. The molecular weight excluding hydrogens is 301 g/mol. The highest BCUT2D eigenvalue weighted by Gasteiger charge is 2.08. The van der Waals surface area contributed by atoms with Crippen molar-refractivity contribution >= 4 is 35.0 Å². The van der Waals surface area contributed by atoms with Crippen molar-refractivity contribution in [3.05, 3.63) is 53.1 Å². The van der Waals surface area contributed by atoms with Crippen molar-refractivity contribution in [3.63, 3.8) is 0 Å². The predicted molar refractivity (Wildman–Crippen MR) is 75.2 cm³/mol. The molecular formula is C13H9ClFN3O3. The van der Waals surface area contributed by atoms with Crippen molar-refractivity contribution < 1.29 is 19.1 Å². The van der Waals surface area contributed by atoms with Gasteiger partial charge in [0.15, 0.2) is 0 Å². The van der Waals surface area contributed by atoms with Gasteiger partial charge in [-0.3, -0.25) is 0 Å². The van der Waals surface area contributed by atoms with Crippen molar-refractivity contribution in [2.75, 3.05) is 10.6 Å². The van der Waals surface area contributed by atoms with Crippen molar-refractivity contribution in [3.8, 4) is 0 Å². The lowest BCUT2D eigenvalue weighted by atomic mass is 10.3. The average molecular weight is 310 g/mol. The molecule has 3 N–H and O–H groups in total. The Bertz CT molecular complexity index is 692. The minimum Gasteiger partial charge on any atom is -0.477 e. The van der Waals surface area contributed by atoms with Gasteiger partial charge in [-0.25, -0.2) is 19.0 Å². The third-order valence-electron chi connectivity index (χ3n) is 2.42. The summed E-state index contributed by atoms with van der Waals surface area (Å²) in [7, 11) is 0. The maximum atomic E-state index is 13.0. The fourth-order valence-corrected chi connectivity index (χ4v) is 1.64. The number of carbonyl (C=O) groups is 2. The minimum atomic E-state index is -1.17. The fraction of sp³-hybridized carbons (Fsp3) is 0. The number of nitrogens with one attached hydrogen (secondary N) is 2. The SMILES string of the molecule is O=C(Nc1ccc(C(=O)O)nc1)Nc1cc(F)ccc1Cl. The van der Waals surface area contributed by atoms with Crippen LogP contribution in [0.2, 0.25) is 5.02 Å². The van der Waals surface area contributed by atoms with Crippen molar-refractivity contribution in [1.82, 2.24) is 4.98 Å². The Morgan fingerprint density at radius 2 is 1.95 bits per heavy atom. The summed E-state index contributed by atoms with van der Waals surface area (Å²) in [4.78, 5) is 26.0. The van der Waals surface area contributed by atoms with E-state index in [1.54, 1.807) is 0 Å². The van der Waals surface area contributed by atoms with Gasteiger partial charge < -0.3 is 15.7 Å². The first-order valence-electron chi connectivity index (χ1n) is 5.68. The van der Waals surface area contributed by atoms with Crippen LogP contribution in [0.25, 0.3) is 0 Å². The van der Waals surface area contributed by atoms with E-state index in [-0.39, 0.29) is 22.1 Å². The van der Waals surface area contributed by atoms with Gasteiger partial charge in [-0.05, 0) is 30.3 Å². The number of halogens is 2. The molecule has 0 bridgehead atoms. The van der Waals surface area contributed by atoms with Crippen LogP contribution in [0.1, 0.15) is 10.5 Å². The Labute approximate surface area is 123 Å². The molecule has 2 rings (SSSR count). The van der Waals surface area contributed by atoms with Crippen LogP contribution in [0.3, 0.4) is 0 Å². The Kier molecular flexibility index (Phi) is 4.34. The predicted octanol–water partition coefficient (Wildman–Crippen LogP) is 3.22. The van der Waals surface area contributed by atoms with Crippen LogP contribution in [0.15, 0.2) is 36.5 Å². The number of hydrogen-bond acceptors (Lipinski definition) is 3. The molecule has 1 aromatic heterocycles. The quantitative estimate of drug-likeness (QED) is 0.812. The maximum absolute atomic E-state index is 13.0. The van der Waals surface area contributed by atoms with E-state index in [1.807, 2.05) is 0 Å². The monoisotopic (exact) mass is 309 g/mol. The molecule has 0 spiro atoms. The number of carbonyl (C=O) groups excluding carboxylic acids is 1. The van der Waals surface area contributed by atoms with Gasteiger partial charge in [0, 0.05) is 0 Å². The topological polar surface area (TPSA) is 91.3 Å². The number of aromatic carboxylic acids is 1. The summed E-state index contributed by atoms with van der Waals surface area (Å²) >= 11 is 5.81. The highest BCUT2D eigenvalue weighted by molar-refractivity contribution is 6.33. The Balaban J connectivity index is 2.04. The smallest absolute Gasteiger partial charge is 0.354 e. The first-order valence-corrected chi connectivity index (χ1v) is 6.06. The molecule has 21 heavy (non-hydrogen) atoms. The summed E-state index contributed by atoms with van der Waals surface area (Å²) in [5, 5.41) is 13.7. The first-order chi connectivity index (χ1) is 9.95. The van der Waals surface area contributed by atoms with Crippen molar-refractivity contribution in [2.45, 2.75) is 0 Å². The molecule has 0 atom stereocenters. The van der Waals surface area contributed by atoms with Gasteiger partial charge in [-0.2, -0.15) is 0 Å². The molecule has 0 fully saturated rings. The summed E-state index contributed by atoms with van der Waals surface area (Å²) in [6, 6.07) is 5.52. The molecule has 0 saturated heterocycles. The number of carboxylic acids is 1. The third-order valence-corrected chi connectivity index (χ3v) is 2.75. The number of benzene rings is 1. The largest absolute Gasteiger partial charge is 0.477 e. The van der Waals surface area contributed by atoms with Gasteiger partial charge in [-0.1, -0.05) is 11.6 Å². The number of amides is 2. The van der Waals surface area contributed by atoms with Gasteiger partial charge in [0.25, 0.3) is 0 Å². The van der Waals surface area contributed by atoms with Crippen LogP contribution in [-0.4, -0.2) is 22.1 Å². The lowest BCUT2D eigenvalue weighted by Crippen LogP contribution is -2.20. The lowest BCUT2D eigenvalue weighted by Gasteiger charge is -2.09. The molecule has 0 unspecified atom stereocenters. The highest BCUT2D eigenvalue weighted by atomic mass is 35.5. The van der Waals surface area contributed by atoms with Gasteiger partial charge >= 0.3 is 12.0 Å². The molecule has 8 heteroatoms. The van der Waals surface area contributed by atoms with Gasteiger partial charge in [-0.15, -0.1) is 0 Å². The van der Waals surface area contributed by atoms with E-state index in [0.717, 1.165) is 6.07 Å². The molecule has 0 radical (unpaired) electrons. The number of carboxylic acid groups (broad SMARTS) is 1. The fourth-order valence-electron chi connectivity index (χ4n) is 1.47. The average Bonchev–Trinajstić information content (AvgIpc) is 2.43. The third kappa shape index (κ3) is 3.90.